The van der Waals surface area contributed by atoms with Gasteiger partial charge in [0.15, 0.2) is 0 Å². The predicted octanol–water partition coefficient (Wildman–Crippen LogP) is 2.14. The highest BCUT2D eigenvalue weighted by molar-refractivity contribution is 7.89. The topological polar surface area (TPSA) is 37.4 Å². The van der Waals surface area contributed by atoms with E-state index in [1.165, 1.54) is 0 Å². The van der Waals surface area contributed by atoms with Crippen LogP contribution < -0.4 is 0 Å². The van der Waals surface area contributed by atoms with Crippen LogP contribution in [0.2, 0.25) is 0 Å². The van der Waals surface area contributed by atoms with E-state index in [9.17, 15) is 21.6 Å². The maximum Gasteiger partial charge on any atom is 0.405 e. The number of hydrogen-bond acceptors (Lipinski definition) is 2. The van der Waals surface area contributed by atoms with Gasteiger partial charge in [0.25, 0.3) is 0 Å². The Morgan fingerprint density at radius 2 is 1.94 bits per heavy atom. The van der Waals surface area contributed by atoms with E-state index in [-0.39, 0.29) is 18.7 Å². The van der Waals surface area contributed by atoms with Gasteiger partial charge in [0.2, 0.25) is 10.0 Å². The van der Waals surface area contributed by atoms with Crippen molar-refractivity contribution in [1.82, 2.24) is 4.31 Å². The van der Waals surface area contributed by atoms with Gasteiger partial charge in [-0.25, -0.2) is 8.42 Å². The number of alkyl halides is 3. The summed E-state index contributed by atoms with van der Waals surface area (Å²) in [5, 5.41) is 0. The van der Waals surface area contributed by atoms with Crippen molar-refractivity contribution in [3.05, 3.63) is 0 Å². The molecule has 0 aromatic rings. The van der Waals surface area contributed by atoms with E-state index in [4.69, 9.17) is 0 Å². The minimum Gasteiger partial charge on any atom is -0.212 e. The quantitative estimate of drug-likeness (QED) is 0.778. The molecule has 0 aliphatic carbocycles. The highest BCUT2D eigenvalue weighted by Crippen LogP contribution is 2.33. The van der Waals surface area contributed by atoms with Gasteiger partial charge in [-0.15, -0.1) is 0 Å². The number of hydrogen-bond donors (Lipinski definition) is 0. The van der Waals surface area contributed by atoms with Gasteiger partial charge in [-0.05, 0) is 19.3 Å². The fourth-order valence-corrected chi connectivity index (χ4v) is 3.71. The second-order valence-electron chi connectivity index (χ2n) is 3.98. The molecule has 0 aromatic carbocycles. The molecule has 1 atom stereocenters. The van der Waals surface area contributed by atoms with Crippen LogP contribution in [0, 0.1) is 0 Å². The maximum atomic E-state index is 12.7. The lowest BCUT2D eigenvalue weighted by Crippen LogP contribution is -2.51. The molecule has 0 radical (unpaired) electrons. The number of sulfonamides is 1. The zero-order valence-electron chi connectivity index (χ0n) is 9.13. The molecule has 0 aromatic heterocycles. The van der Waals surface area contributed by atoms with E-state index in [0.29, 0.717) is 23.6 Å². The first-order valence-electron chi connectivity index (χ1n) is 5.35. The smallest absolute Gasteiger partial charge is 0.212 e. The predicted molar refractivity (Wildman–Crippen MR) is 54.5 cm³/mol. The zero-order valence-corrected chi connectivity index (χ0v) is 9.94. The normalized spacial score (nSPS) is 24.6. The molecule has 0 bridgehead atoms. The molecule has 1 rings (SSSR count). The molecule has 1 aliphatic rings. The molecule has 16 heavy (non-hydrogen) atoms. The molecule has 96 valence electrons. The van der Waals surface area contributed by atoms with Crippen LogP contribution in [0.3, 0.4) is 0 Å². The number of halogens is 3. The fraction of sp³-hybridized carbons (Fsp3) is 1.00. The van der Waals surface area contributed by atoms with E-state index in [0.717, 1.165) is 0 Å². The molecule has 1 aliphatic heterocycles. The van der Waals surface area contributed by atoms with Gasteiger partial charge >= 0.3 is 6.18 Å². The van der Waals surface area contributed by atoms with Crippen LogP contribution >= 0.6 is 0 Å². The van der Waals surface area contributed by atoms with Crippen LogP contribution in [-0.4, -0.2) is 37.2 Å². The summed E-state index contributed by atoms with van der Waals surface area (Å²) < 4.78 is 61.9. The minimum absolute atomic E-state index is 0.00743. The van der Waals surface area contributed by atoms with E-state index < -0.39 is 22.2 Å². The average molecular weight is 259 g/mol. The summed E-state index contributed by atoms with van der Waals surface area (Å²) in [6.07, 6.45) is -3.30. The third kappa shape index (κ3) is 3.10. The van der Waals surface area contributed by atoms with Crippen molar-refractivity contribution in [2.24, 2.45) is 0 Å². The first-order valence-corrected chi connectivity index (χ1v) is 6.96. The van der Waals surface area contributed by atoms with Crippen molar-refractivity contribution in [1.29, 1.82) is 0 Å². The van der Waals surface area contributed by atoms with Gasteiger partial charge < -0.3 is 0 Å². The third-order valence-corrected chi connectivity index (χ3v) is 4.73. The van der Waals surface area contributed by atoms with Gasteiger partial charge in [0, 0.05) is 6.54 Å². The molecular weight excluding hydrogens is 243 g/mol. The summed E-state index contributed by atoms with van der Waals surface area (Å²) in [5.41, 5.74) is 0. The summed E-state index contributed by atoms with van der Waals surface area (Å²) >= 11 is 0. The molecule has 0 amide bonds. The second-order valence-corrected chi connectivity index (χ2v) is 6.02. The second kappa shape index (κ2) is 4.91. The molecule has 1 saturated heterocycles. The lowest BCUT2D eigenvalue weighted by atomic mass is 10.1. The lowest BCUT2D eigenvalue weighted by molar-refractivity contribution is -0.177. The molecule has 1 fully saturated rings. The van der Waals surface area contributed by atoms with Crippen molar-refractivity contribution in [3.63, 3.8) is 0 Å². The Morgan fingerprint density at radius 3 is 2.44 bits per heavy atom. The first kappa shape index (κ1) is 13.8. The number of nitrogens with zero attached hydrogens (tertiary/aromatic N) is 1. The maximum absolute atomic E-state index is 12.7. The highest BCUT2D eigenvalue weighted by Gasteiger charge is 2.48. The SMILES string of the molecule is CCCS(=O)(=O)N1CCCCC1C(F)(F)F. The van der Waals surface area contributed by atoms with E-state index >= 15 is 0 Å². The average Bonchev–Trinajstić information content (AvgIpc) is 2.16. The molecule has 0 N–H and O–H groups in total. The number of piperidine rings is 1. The summed E-state index contributed by atoms with van der Waals surface area (Å²) in [4.78, 5) is 0. The van der Waals surface area contributed by atoms with Crippen LogP contribution in [0.25, 0.3) is 0 Å². The highest BCUT2D eigenvalue weighted by atomic mass is 32.2. The van der Waals surface area contributed by atoms with Crippen molar-refractivity contribution < 1.29 is 21.6 Å². The Labute approximate surface area is 93.7 Å². The van der Waals surface area contributed by atoms with Gasteiger partial charge in [-0.1, -0.05) is 13.3 Å². The van der Waals surface area contributed by atoms with Gasteiger partial charge in [-0.2, -0.15) is 17.5 Å². The van der Waals surface area contributed by atoms with E-state index in [1.807, 2.05) is 0 Å². The summed E-state index contributed by atoms with van der Waals surface area (Å²) in [6, 6.07) is -1.82. The van der Waals surface area contributed by atoms with Crippen LogP contribution in [-0.2, 0) is 10.0 Å². The fourth-order valence-electron chi connectivity index (χ4n) is 1.94. The number of rotatable bonds is 3. The van der Waals surface area contributed by atoms with Crippen LogP contribution in [0.4, 0.5) is 13.2 Å². The molecule has 1 heterocycles. The standard InChI is InChI=1S/C9H16F3NO2S/c1-2-7-16(14,15)13-6-4-3-5-8(13)9(10,11)12/h8H,2-7H2,1H3. The Bertz CT molecular complexity index is 326. The van der Waals surface area contributed by atoms with Crippen molar-refractivity contribution >= 4 is 10.0 Å². The van der Waals surface area contributed by atoms with Crippen LogP contribution in [0.5, 0.6) is 0 Å². The van der Waals surface area contributed by atoms with Gasteiger partial charge in [0.05, 0.1) is 5.75 Å². The van der Waals surface area contributed by atoms with Crippen LogP contribution in [0.15, 0.2) is 0 Å². The Kier molecular flexibility index (Phi) is 4.23. The van der Waals surface area contributed by atoms with Gasteiger partial charge in [0.1, 0.15) is 6.04 Å². The summed E-state index contributed by atoms with van der Waals surface area (Å²) in [5.74, 6) is -0.209. The van der Waals surface area contributed by atoms with Crippen molar-refractivity contribution in [2.75, 3.05) is 12.3 Å². The Hall–Kier alpha value is -0.300. The van der Waals surface area contributed by atoms with Crippen molar-refractivity contribution in [2.45, 2.75) is 44.8 Å². The molecule has 0 saturated carbocycles. The minimum atomic E-state index is -4.46. The molecule has 1 unspecified atom stereocenters. The Morgan fingerprint density at radius 1 is 1.31 bits per heavy atom. The lowest BCUT2D eigenvalue weighted by Gasteiger charge is -2.35. The summed E-state index contributed by atoms with van der Waals surface area (Å²) in [6.45, 7) is 1.64. The monoisotopic (exact) mass is 259 g/mol. The molecular formula is C9H16F3NO2S. The molecule has 0 spiro atoms. The third-order valence-electron chi connectivity index (χ3n) is 2.65. The molecule has 7 heteroatoms. The summed E-state index contributed by atoms with van der Waals surface area (Å²) in [7, 11) is -3.75. The largest absolute Gasteiger partial charge is 0.405 e. The van der Waals surface area contributed by atoms with Crippen LogP contribution in [0.1, 0.15) is 32.6 Å². The van der Waals surface area contributed by atoms with Gasteiger partial charge in [-0.3, -0.25) is 0 Å². The Balaban J connectivity index is 2.91. The zero-order chi connectivity index (χ0) is 12.4. The van der Waals surface area contributed by atoms with E-state index in [1.54, 1.807) is 6.92 Å². The van der Waals surface area contributed by atoms with Crippen molar-refractivity contribution in [3.8, 4) is 0 Å². The first-order chi connectivity index (χ1) is 7.29. The molecule has 3 nitrogen and oxygen atoms in total. The van der Waals surface area contributed by atoms with E-state index in [2.05, 4.69) is 0 Å².